The van der Waals surface area contributed by atoms with Gasteiger partial charge in [0, 0.05) is 32.7 Å². The Bertz CT molecular complexity index is 2670. The first-order valence-electron chi connectivity index (χ1n) is 17.9. The van der Waals surface area contributed by atoms with Gasteiger partial charge in [-0.3, -0.25) is 9.59 Å². The van der Waals surface area contributed by atoms with Crippen LogP contribution >= 0.6 is 0 Å². The van der Waals surface area contributed by atoms with Crippen molar-refractivity contribution in [3.05, 3.63) is 156 Å². The van der Waals surface area contributed by atoms with Crippen molar-refractivity contribution in [1.82, 2.24) is 9.97 Å². The zero-order valence-corrected chi connectivity index (χ0v) is 29.4. The van der Waals surface area contributed by atoms with Crippen molar-refractivity contribution >= 4 is 55.3 Å². The van der Waals surface area contributed by atoms with E-state index in [1.54, 1.807) is 0 Å². The molecule has 0 saturated carbocycles. The number of methoxy groups -OCH3 is 2. The molecule has 2 heterocycles. The normalized spacial score (nSPS) is 18.2. The van der Waals surface area contributed by atoms with E-state index in [1.807, 2.05) is 60.7 Å². The van der Waals surface area contributed by atoms with Gasteiger partial charge in [0.15, 0.2) is 0 Å². The van der Waals surface area contributed by atoms with E-state index < -0.39 is 10.8 Å². The van der Waals surface area contributed by atoms with Gasteiger partial charge in [-0.1, -0.05) is 109 Å². The fraction of sp³-hybridized carbons (Fsp3) is 0.149. The van der Waals surface area contributed by atoms with Crippen LogP contribution in [0, 0.1) is 0 Å². The highest BCUT2D eigenvalue weighted by Gasteiger charge is 2.56. The molecule has 6 aromatic carbocycles. The van der Waals surface area contributed by atoms with Gasteiger partial charge in [0.05, 0.1) is 49.5 Å². The van der Waals surface area contributed by atoms with Crippen LogP contribution in [0.15, 0.2) is 133 Å². The molecule has 6 heteroatoms. The molecule has 0 bridgehead atoms. The van der Waals surface area contributed by atoms with E-state index in [2.05, 4.69) is 72.8 Å². The average Bonchev–Trinajstić information content (AvgIpc) is 3.61. The van der Waals surface area contributed by atoms with Gasteiger partial charge < -0.3 is 9.47 Å². The number of hydrogen-bond donors (Lipinski definition) is 0. The molecule has 2 aliphatic rings. The molecule has 0 amide bonds. The van der Waals surface area contributed by atoms with Crippen molar-refractivity contribution in [3.63, 3.8) is 0 Å². The van der Waals surface area contributed by atoms with Gasteiger partial charge in [0.2, 0.25) is 0 Å². The predicted molar refractivity (Wildman–Crippen MR) is 209 cm³/mol. The van der Waals surface area contributed by atoms with Crippen LogP contribution in [-0.2, 0) is 29.9 Å². The van der Waals surface area contributed by atoms with E-state index >= 15 is 0 Å². The minimum Gasteiger partial charge on any atom is -0.469 e. The molecule has 8 aromatic rings. The summed E-state index contributed by atoms with van der Waals surface area (Å²) in [5.41, 5.74) is 7.44. The number of rotatable bonds is 6. The predicted octanol–water partition coefficient (Wildman–Crippen LogP) is 9.84. The second-order valence-electron chi connectivity index (χ2n) is 14.4. The second-order valence-corrected chi connectivity index (χ2v) is 14.4. The number of hydrogen-bond acceptors (Lipinski definition) is 6. The molecule has 0 spiro atoms. The number of para-hydroxylation sites is 2. The molecule has 0 aliphatic heterocycles. The Morgan fingerprint density at radius 3 is 1.32 bits per heavy atom. The number of esters is 2. The standard InChI is InChI=1S/C47H34N2O4/c1-52-40(50)25-46(34-21-19-28-11-3-7-15-32(28)42(34)44-36(46)23-30-13-5-9-17-38(30)48-44)27-47(26-41(51)53-2)35-22-20-29-12-4-8-16-33(29)43(35)45-37(47)24-31-14-6-10-18-39(31)49-45/h3-24H,25-27H2,1-2H3. The minimum absolute atomic E-state index is 0.0457. The van der Waals surface area contributed by atoms with Crippen LogP contribution in [0.3, 0.4) is 0 Å². The van der Waals surface area contributed by atoms with E-state index in [9.17, 15) is 9.59 Å². The van der Waals surface area contributed by atoms with Gasteiger partial charge >= 0.3 is 11.9 Å². The Kier molecular flexibility index (Phi) is 6.83. The summed E-state index contributed by atoms with van der Waals surface area (Å²) in [5, 5.41) is 6.26. The molecule has 10 rings (SSSR count). The quantitative estimate of drug-likeness (QED) is 0.162. The van der Waals surface area contributed by atoms with Gasteiger partial charge in [0.25, 0.3) is 0 Å². The summed E-state index contributed by atoms with van der Waals surface area (Å²) in [5.74, 6) is -0.682. The zero-order valence-electron chi connectivity index (χ0n) is 29.4. The number of fused-ring (bicyclic) bond motifs is 12. The summed E-state index contributed by atoms with van der Waals surface area (Å²) in [6.45, 7) is 0. The molecule has 2 aromatic heterocycles. The van der Waals surface area contributed by atoms with Crippen LogP contribution in [0.1, 0.15) is 41.5 Å². The lowest BCUT2D eigenvalue weighted by Crippen LogP contribution is -2.41. The molecule has 256 valence electrons. The van der Waals surface area contributed by atoms with Crippen LogP contribution in [0.5, 0.6) is 0 Å². The molecule has 0 radical (unpaired) electrons. The fourth-order valence-electron chi connectivity index (χ4n) is 9.52. The number of carbonyl (C=O) groups excluding carboxylic acids is 2. The molecule has 0 fully saturated rings. The zero-order chi connectivity index (χ0) is 35.9. The molecule has 0 saturated heterocycles. The van der Waals surface area contributed by atoms with Crippen molar-refractivity contribution < 1.29 is 19.1 Å². The first-order valence-corrected chi connectivity index (χ1v) is 17.9. The molecule has 6 nitrogen and oxygen atoms in total. The number of aromatic nitrogens is 2. The SMILES string of the molecule is COC(=O)CC1(CC2(CC(=O)OC)c3cc4ccccc4nc3-c3c2ccc2ccccc32)c2cc3ccccc3nc2-c2c1ccc1ccccc21. The average molecular weight is 691 g/mol. The second kappa shape index (κ2) is 11.6. The van der Waals surface area contributed by atoms with Crippen molar-refractivity contribution in [2.24, 2.45) is 0 Å². The highest BCUT2D eigenvalue weighted by molar-refractivity contribution is 6.06. The van der Waals surface area contributed by atoms with Crippen LogP contribution in [0.2, 0.25) is 0 Å². The van der Waals surface area contributed by atoms with E-state index in [0.29, 0.717) is 6.42 Å². The number of ether oxygens (including phenoxy) is 2. The number of benzene rings is 6. The Morgan fingerprint density at radius 2 is 0.887 bits per heavy atom. The fourth-order valence-corrected chi connectivity index (χ4v) is 9.52. The van der Waals surface area contributed by atoms with Crippen molar-refractivity contribution in [2.45, 2.75) is 30.1 Å². The maximum atomic E-state index is 14.0. The molecule has 53 heavy (non-hydrogen) atoms. The van der Waals surface area contributed by atoms with Gasteiger partial charge in [-0.15, -0.1) is 0 Å². The summed E-state index contributed by atoms with van der Waals surface area (Å²) in [7, 11) is 2.89. The van der Waals surface area contributed by atoms with E-state index in [4.69, 9.17) is 19.4 Å². The minimum atomic E-state index is -0.955. The summed E-state index contributed by atoms with van der Waals surface area (Å²) >= 11 is 0. The highest BCUT2D eigenvalue weighted by atomic mass is 16.5. The lowest BCUT2D eigenvalue weighted by atomic mass is 9.60. The topological polar surface area (TPSA) is 78.4 Å². The summed E-state index contributed by atoms with van der Waals surface area (Å²) < 4.78 is 11.1. The lowest BCUT2D eigenvalue weighted by molar-refractivity contribution is -0.142. The smallest absolute Gasteiger partial charge is 0.306 e. The maximum Gasteiger partial charge on any atom is 0.306 e. The molecule has 2 aliphatic carbocycles. The van der Waals surface area contributed by atoms with Gasteiger partial charge in [-0.25, -0.2) is 9.97 Å². The summed E-state index contributed by atoms with van der Waals surface area (Å²) in [6.07, 6.45) is 0.453. The first kappa shape index (κ1) is 31.3. The van der Waals surface area contributed by atoms with Crippen LogP contribution in [0.4, 0.5) is 0 Å². The first-order chi connectivity index (χ1) is 25.9. The molecule has 2 atom stereocenters. The van der Waals surface area contributed by atoms with Gasteiger partial charge in [-0.05, 0) is 74.5 Å². The third kappa shape index (κ3) is 4.45. The largest absolute Gasteiger partial charge is 0.469 e. The number of nitrogens with zero attached hydrogens (tertiary/aromatic N) is 2. The van der Waals surface area contributed by atoms with E-state index in [1.165, 1.54) is 14.2 Å². The summed E-state index contributed by atoms with van der Waals surface area (Å²) in [6, 6.07) is 45.9. The Labute approximate surface area is 306 Å². The molecular weight excluding hydrogens is 657 g/mol. The van der Waals surface area contributed by atoms with Crippen LogP contribution in [0.25, 0.3) is 65.9 Å². The Hall–Kier alpha value is -6.40. The van der Waals surface area contributed by atoms with Crippen molar-refractivity contribution in [2.75, 3.05) is 14.2 Å². The third-order valence-electron chi connectivity index (χ3n) is 11.8. The number of carbonyl (C=O) groups is 2. The third-order valence-corrected chi connectivity index (χ3v) is 11.8. The van der Waals surface area contributed by atoms with E-state index in [-0.39, 0.29) is 24.8 Å². The molecule has 0 N–H and O–H groups in total. The lowest BCUT2D eigenvalue weighted by Gasteiger charge is -2.41. The van der Waals surface area contributed by atoms with E-state index in [0.717, 1.165) is 88.1 Å². The maximum absolute atomic E-state index is 14.0. The van der Waals surface area contributed by atoms with Crippen molar-refractivity contribution in [3.8, 4) is 22.5 Å². The van der Waals surface area contributed by atoms with Crippen molar-refractivity contribution in [1.29, 1.82) is 0 Å². The van der Waals surface area contributed by atoms with Gasteiger partial charge in [0.1, 0.15) is 0 Å². The summed E-state index contributed by atoms with van der Waals surface area (Å²) in [4.78, 5) is 38.7. The van der Waals surface area contributed by atoms with Gasteiger partial charge in [-0.2, -0.15) is 0 Å². The molecule has 2 unspecified atom stereocenters. The molecular formula is C47H34N2O4. The monoisotopic (exact) mass is 690 g/mol. The number of pyridine rings is 2. The van der Waals surface area contributed by atoms with Crippen LogP contribution in [-0.4, -0.2) is 36.1 Å². The Morgan fingerprint density at radius 1 is 0.491 bits per heavy atom. The Balaban J connectivity index is 1.36. The highest BCUT2D eigenvalue weighted by Crippen LogP contribution is 2.63. The van der Waals surface area contributed by atoms with Crippen LogP contribution < -0.4 is 0 Å².